The summed E-state index contributed by atoms with van der Waals surface area (Å²) in [4.78, 5) is 6.59. The van der Waals surface area contributed by atoms with Gasteiger partial charge in [-0.1, -0.05) is 18.2 Å². The molecule has 116 valence electrons. The lowest BCUT2D eigenvalue weighted by molar-refractivity contribution is 0.123. The summed E-state index contributed by atoms with van der Waals surface area (Å²) in [5, 5.41) is 0. The van der Waals surface area contributed by atoms with Crippen LogP contribution in [0.3, 0.4) is 0 Å². The number of hydrogen-bond donors (Lipinski definition) is 0. The van der Waals surface area contributed by atoms with E-state index in [0.29, 0.717) is 18.3 Å². The summed E-state index contributed by atoms with van der Waals surface area (Å²) in [6, 6.07) is 10.7. The average molecular weight is 300 g/mol. The first-order chi connectivity index (χ1) is 10.8. The minimum Gasteiger partial charge on any atom is -0.490 e. The zero-order chi connectivity index (χ0) is 15.2. The molecule has 1 aromatic carbocycles. The van der Waals surface area contributed by atoms with E-state index >= 15 is 0 Å². The molecule has 3 nitrogen and oxygen atoms in total. The van der Waals surface area contributed by atoms with Crippen molar-refractivity contribution in [1.82, 2.24) is 9.88 Å². The van der Waals surface area contributed by atoms with Crippen molar-refractivity contribution in [3.05, 3.63) is 60.2 Å². The maximum atomic E-state index is 13.6. The number of aromatic nitrogens is 1. The molecule has 0 saturated carbocycles. The zero-order valence-electron chi connectivity index (χ0n) is 12.6. The van der Waals surface area contributed by atoms with Crippen LogP contribution in [0.5, 0.6) is 5.75 Å². The second-order valence-corrected chi connectivity index (χ2v) is 5.85. The molecule has 0 amide bonds. The highest BCUT2D eigenvalue weighted by molar-refractivity contribution is 5.23. The molecule has 1 aliphatic heterocycles. The third kappa shape index (κ3) is 4.04. The van der Waals surface area contributed by atoms with Gasteiger partial charge in [0.1, 0.15) is 0 Å². The molecule has 22 heavy (non-hydrogen) atoms. The fraction of sp³-hybridized carbons (Fsp3) is 0.389. The summed E-state index contributed by atoms with van der Waals surface area (Å²) in [6.07, 6.45) is 6.01. The SMILES string of the molecule is Fc1ccccc1OC[C@H]1CCCN(Cc2cccnc2)C1. The molecule has 0 unspecified atom stereocenters. The van der Waals surface area contributed by atoms with Gasteiger partial charge in [0.2, 0.25) is 0 Å². The molecule has 2 aromatic rings. The van der Waals surface area contributed by atoms with Crippen LogP contribution >= 0.6 is 0 Å². The molecule has 0 aliphatic carbocycles. The van der Waals surface area contributed by atoms with E-state index in [4.69, 9.17) is 4.74 Å². The number of para-hydroxylation sites is 1. The highest BCUT2D eigenvalue weighted by Crippen LogP contribution is 2.21. The Morgan fingerprint density at radius 1 is 1.23 bits per heavy atom. The van der Waals surface area contributed by atoms with E-state index in [9.17, 15) is 4.39 Å². The van der Waals surface area contributed by atoms with Crippen LogP contribution in [-0.4, -0.2) is 29.6 Å². The summed E-state index contributed by atoms with van der Waals surface area (Å²) in [5.41, 5.74) is 1.23. The quantitative estimate of drug-likeness (QED) is 0.845. The summed E-state index contributed by atoms with van der Waals surface area (Å²) < 4.78 is 19.2. The lowest BCUT2D eigenvalue weighted by Gasteiger charge is -2.32. The minimum absolute atomic E-state index is 0.287. The smallest absolute Gasteiger partial charge is 0.165 e. The fourth-order valence-corrected chi connectivity index (χ4v) is 2.95. The normalized spacial score (nSPS) is 19.0. The maximum Gasteiger partial charge on any atom is 0.165 e. The number of pyridine rings is 1. The van der Waals surface area contributed by atoms with Gasteiger partial charge in [0.25, 0.3) is 0 Å². The Bertz CT molecular complexity index is 591. The molecule has 0 radical (unpaired) electrons. The number of likely N-dealkylation sites (tertiary alicyclic amines) is 1. The van der Waals surface area contributed by atoms with E-state index in [1.807, 2.05) is 12.3 Å². The van der Waals surface area contributed by atoms with Crippen LogP contribution in [0.15, 0.2) is 48.8 Å². The van der Waals surface area contributed by atoms with Gasteiger partial charge in [-0.25, -0.2) is 4.39 Å². The number of rotatable bonds is 5. The van der Waals surface area contributed by atoms with Crippen LogP contribution in [0.4, 0.5) is 4.39 Å². The standard InChI is InChI=1S/C18H21FN2O/c19-17-7-1-2-8-18(17)22-14-16-6-4-10-21(13-16)12-15-5-3-9-20-11-15/h1-3,5,7-9,11,16H,4,6,10,12-14H2/t16-/m0/s1. The van der Waals surface area contributed by atoms with Crippen LogP contribution in [0.25, 0.3) is 0 Å². The van der Waals surface area contributed by atoms with Crippen LogP contribution in [-0.2, 0) is 6.54 Å². The van der Waals surface area contributed by atoms with Crippen LogP contribution in [0.2, 0.25) is 0 Å². The molecular weight excluding hydrogens is 279 g/mol. The van der Waals surface area contributed by atoms with Crippen LogP contribution in [0.1, 0.15) is 18.4 Å². The van der Waals surface area contributed by atoms with E-state index in [-0.39, 0.29) is 5.82 Å². The van der Waals surface area contributed by atoms with Crippen LogP contribution in [0, 0.1) is 11.7 Å². The molecule has 0 spiro atoms. The fourth-order valence-electron chi connectivity index (χ4n) is 2.95. The maximum absolute atomic E-state index is 13.6. The molecule has 1 atom stereocenters. The van der Waals surface area contributed by atoms with Gasteiger partial charge in [-0.15, -0.1) is 0 Å². The number of benzene rings is 1. The monoisotopic (exact) mass is 300 g/mol. The minimum atomic E-state index is -0.287. The number of halogens is 1. The summed E-state index contributed by atoms with van der Waals surface area (Å²) >= 11 is 0. The van der Waals surface area contributed by atoms with Gasteiger partial charge >= 0.3 is 0 Å². The molecule has 4 heteroatoms. The molecule has 1 saturated heterocycles. The summed E-state index contributed by atoms with van der Waals surface area (Å²) in [7, 11) is 0. The van der Waals surface area contributed by atoms with Gasteiger partial charge in [0.05, 0.1) is 6.61 Å². The van der Waals surface area contributed by atoms with Crippen molar-refractivity contribution >= 4 is 0 Å². The summed E-state index contributed by atoms with van der Waals surface area (Å²) in [5.74, 6) is 0.516. The predicted octanol–water partition coefficient (Wildman–Crippen LogP) is 3.51. The Morgan fingerprint density at radius 3 is 2.95 bits per heavy atom. The highest BCUT2D eigenvalue weighted by Gasteiger charge is 2.21. The van der Waals surface area contributed by atoms with Gasteiger partial charge < -0.3 is 4.74 Å². The van der Waals surface area contributed by atoms with Crippen LogP contribution < -0.4 is 4.74 Å². The van der Waals surface area contributed by atoms with Crippen molar-refractivity contribution < 1.29 is 9.13 Å². The van der Waals surface area contributed by atoms with Gasteiger partial charge in [-0.05, 0) is 43.1 Å². The van der Waals surface area contributed by atoms with Gasteiger partial charge in [0, 0.05) is 31.4 Å². The van der Waals surface area contributed by atoms with Crippen molar-refractivity contribution in [2.24, 2.45) is 5.92 Å². The van der Waals surface area contributed by atoms with Crippen molar-refractivity contribution in [3.63, 3.8) is 0 Å². The van der Waals surface area contributed by atoms with E-state index in [0.717, 1.165) is 32.5 Å². The van der Waals surface area contributed by atoms with Crippen molar-refractivity contribution in [2.75, 3.05) is 19.7 Å². The number of hydrogen-bond acceptors (Lipinski definition) is 3. The molecule has 1 aromatic heterocycles. The number of piperidine rings is 1. The Balaban J connectivity index is 1.51. The molecule has 0 N–H and O–H groups in total. The molecule has 2 heterocycles. The zero-order valence-corrected chi connectivity index (χ0v) is 12.6. The summed E-state index contributed by atoms with van der Waals surface area (Å²) in [6.45, 7) is 3.59. The first kappa shape index (κ1) is 15.0. The Kier molecular flexibility index (Phi) is 5.01. The van der Waals surface area contributed by atoms with Gasteiger partial charge in [-0.3, -0.25) is 9.88 Å². The second kappa shape index (κ2) is 7.36. The number of ether oxygens (including phenoxy) is 1. The average Bonchev–Trinajstić information content (AvgIpc) is 2.55. The topological polar surface area (TPSA) is 25.4 Å². The first-order valence-corrected chi connectivity index (χ1v) is 7.80. The highest BCUT2D eigenvalue weighted by atomic mass is 19.1. The molecule has 3 rings (SSSR count). The molecule has 1 aliphatic rings. The van der Waals surface area contributed by atoms with E-state index < -0.39 is 0 Å². The van der Waals surface area contributed by atoms with Crippen molar-refractivity contribution in [3.8, 4) is 5.75 Å². The lowest BCUT2D eigenvalue weighted by atomic mass is 9.98. The third-order valence-corrected chi connectivity index (χ3v) is 4.04. The predicted molar refractivity (Wildman–Crippen MR) is 84.1 cm³/mol. The Morgan fingerprint density at radius 2 is 2.14 bits per heavy atom. The number of nitrogens with zero attached hydrogens (tertiary/aromatic N) is 2. The Hall–Kier alpha value is -1.94. The van der Waals surface area contributed by atoms with Crippen molar-refractivity contribution in [2.45, 2.75) is 19.4 Å². The largest absolute Gasteiger partial charge is 0.490 e. The molecular formula is C18H21FN2O. The van der Waals surface area contributed by atoms with E-state index in [2.05, 4.69) is 16.0 Å². The van der Waals surface area contributed by atoms with E-state index in [1.54, 1.807) is 24.4 Å². The second-order valence-electron chi connectivity index (χ2n) is 5.85. The van der Waals surface area contributed by atoms with Gasteiger partial charge in [-0.2, -0.15) is 0 Å². The van der Waals surface area contributed by atoms with Gasteiger partial charge in [0.15, 0.2) is 11.6 Å². The molecule has 0 bridgehead atoms. The van der Waals surface area contributed by atoms with E-state index in [1.165, 1.54) is 11.6 Å². The lowest BCUT2D eigenvalue weighted by Crippen LogP contribution is -2.37. The Labute approximate surface area is 130 Å². The third-order valence-electron chi connectivity index (χ3n) is 4.04. The first-order valence-electron chi connectivity index (χ1n) is 7.80. The van der Waals surface area contributed by atoms with Crippen molar-refractivity contribution in [1.29, 1.82) is 0 Å². The molecule has 1 fully saturated rings.